The number of nitrogens with one attached hydrogen (secondary N) is 1. The Morgan fingerprint density at radius 3 is 2.45 bits per heavy atom. The molecule has 2 aliphatic rings. The topological polar surface area (TPSA) is 47.6 Å². The Kier molecular flexibility index (Phi) is 3.03. The Hall–Kier alpha value is -2.49. The Morgan fingerprint density at radius 2 is 1.73 bits per heavy atom. The van der Waals surface area contributed by atoms with E-state index < -0.39 is 0 Å². The molecule has 0 saturated heterocycles. The first-order valence-corrected chi connectivity index (χ1v) is 7.50. The van der Waals surface area contributed by atoms with E-state index in [4.69, 9.17) is 9.47 Å². The van der Waals surface area contributed by atoms with Crippen molar-refractivity contribution < 1.29 is 14.3 Å². The fourth-order valence-corrected chi connectivity index (χ4v) is 3.09. The van der Waals surface area contributed by atoms with Crippen molar-refractivity contribution in [1.82, 2.24) is 0 Å². The van der Waals surface area contributed by atoms with Crippen LogP contribution in [-0.4, -0.2) is 19.1 Å². The first-order chi connectivity index (χ1) is 10.7. The molecule has 2 aromatic rings. The molecular weight excluding hydrogens is 278 g/mol. The molecule has 22 heavy (non-hydrogen) atoms. The van der Waals surface area contributed by atoms with Crippen molar-refractivity contribution in [2.75, 3.05) is 18.5 Å². The van der Waals surface area contributed by atoms with Gasteiger partial charge in [-0.2, -0.15) is 0 Å². The lowest BCUT2D eigenvalue weighted by Gasteiger charge is -2.29. The van der Waals surface area contributed by atoms with E-state index in [9.17, 15) is 4.79 Å². The molecule has 0 aliphatic carbocycles. The highest BCUT2D eigenvalue weighted by molar-refractivity contribution is 5.96. The number of aryl methyl sites for hydroxylation is 1. The maximum Gasteiger partial charge on any atom is 0.225 e. The molecule has 4 heteroatoms. The summed E-state index contributed by atoms with van der Waals surface area (Å²) in [5.41, 5.74) is 4.28. The number of rotatable bonds is 1. The molecule has 1 N–H and O–H groups in total. The number of hydrogen-bond acceptors (Lipinski definition) is 3. The first-order valence-electron chi connectivity index (χ1n) is 7.50. The molecule has 112 valence electrons. The van der Waals surface area contributed by atoms with Crippen LogP contribution >= 0.6 is 0 Å². The summed E-state index contributed by atoms with van der Waals surface area (Å²) in [5.74, 6) is 1.56. The summed E-state index contributed by atoms with van der Waals surface area (Å²) in [6.45, 7) is 3.17. The van der Waals surface area contributed by atoms with Gasteiger partial charge in [0.15, 0.2) is 11.5 Å². The van der Waals surface area contributed by atoms with Crippen molar-refractivity contribution in [3.63, 3.8) is 0 Å². The highest BCUT2D eigenvalue weighted by Crippen LogP contribution is 2.43. The van der Waals surface area contributed by atoms with Gasteiger partial charge >= 0.3 is 0 Å². The zero-order chi connectivity index (χ0) is 15.1. The van der Waals surface area contributed by atoms with Crippen LogP contribution < -0.4 is 14.8 Å². The quantitative estimate of drug-likeness (QED) is 0.878. The van der Waals surface area contributed by atoms with E-state index in [1.165, 1.54) is 5.56 Å². The minimum absolute atomic E-state index is 0.0368. The zero-order valence-electron chi connectivity index (χ0n) is 12.4. The summed E-state index contributed by atoms with van der Waals surface area (Å²) in [6.07, 6.45) is 0.454. The van der Waals surface area contributed by atoms with Gasteiger partial charge in [-0.25, -0.2) is 0 Å². The second-order valence-corrected chi connectivity index (χ2v) is 5.80. The second kappa shape index (κ2) is 5.05. The number of amides is 1. The molecule has 0 radical (unpaired) electrons. The maximum atomic E-state index is 12.1. The van der Waals surface area contributed by atoms with Crippen molar-refractivity contribution in [2.24, 2.45) is 0 Å². The highest BCUT2D eigenvalue weighted by Gasteiger charge is 2.29. The van der Waals surface area contributed by atoms with Crippen molar-refractivity contribution in [1.29, 1.82) is 0 Å². The van der Waals surface area contributed by atoms with Gasteiger partial charge in [-0.1, -0.05) is 29.8 Å². The van der Waals surface area contributed by atoms with E-state index >= 15 is 0 Å². The fraction of sp³-hybridized carbons (Fsp3) is 0.278. The van der Waals surface area contributed by atoms with Gasteiger partial charge < -0.3 is 14.8 Å². The van der Waals surface area contributed by atoms with E-state index in [1.54, 1.807) is 0 Å². The molecule has 2 heterocycles. The Labute approximate surface area is 129 Å². The van der Waals surface area contributed by atoms with E-state index in [2.05, 4.69) is 36.5 Å². The number of anilines is 1. The molecule has 0 aromatic heterocycles. The molecule has 0 fully saturated rings. The van der Waals surface area contributed by atoms with Crippen molar-refractivity contribution >= 4 is 11.6 Å². The van der Waals surface area contributed by atoms with Crippen molar-refractivity contribution in [3.05, 3.63) is 53.1 Å². The van der Waals surface area contributed by atoms with Gasteiger partial charge in [-0.15, -0.1) is 0 Å². The van der Waals surface area contributed by atoms with Crippen LogP contribution in [0.2, 0.25) is 0 Å². The zero-order valence-corrected chi connectivity index (χ0v) is 12.4. The smallest absolute Gasteiger partial charge is 0.225 e. The monoisotopic (exact) mass is 295 g/mol. The SMILES string of the molecule is Cc1ccc([C@@H]2CC(=O)Nc3cc4c(cc32)OCCO4)cc1. The summed E-state index contributed by atoms with van der Waals surface area (Å²) < 4.78 is 11.3. The predicted molar refractivity (Wildman–Crippen MR) is 83.7 cm³/mol. The number of carbonyl (C=O) groups excluding carboxylic acids is 1. The lowest BCUT2D eigenvalue weighted by Crippen LogP contribution is -2.24. The second-order valence-electron chi connectivity index (χ2n) is 5.80. The van der Waals surface area contributed by atoms with Crippen LogP contribution in [0.25, 0.3) is 0 Å². The molecule has 0 spiro atoms. The van der Waals surface area contributed by atoms with Gasteiger partial charge in [-0.3, -0.25) is 4.79 Å². The molecule has 4 rings (SSSR count). The third-order valence-corrected chi connectivity index (χ3v) is 4.23. The van der Waals surface area contributed by atoms with E-state index in [0.717, 1.165) is 22.6 Å². The number of fused-ring (bicyclic) bond motifs is 2. The Morgan fingerprint density at radius 1 is 1.05 bits per heavy atom. The van der Waals surface area contributed by atoms with Crippen LogP contribution in [0.4, 0.5) is 5.69 Å². The van der Waals surface area contributed by atoms with Gasteiger partial charge in [0, 0.05) is 24.1 Å². The van der Waals surface area contributed by atoms with Crippen LogP contribution in [0, 0.1) is 6.92 Å². The minimum atomic E-state index is 0.0368. The molecular formula is C18H17NO3. The van der Waals surface area contributed by atoms with Gasteiger partial charge in [0.1, 0.15) is 13.2 Å². The summed E-state index contributed by atoms with van der Waals surface area (Å²) in [5, 5.41) is 2.95. The number of ether oxygens (including phenoxy) is 2. The molecule has 0 saturated carbocycles. The first kappa shape index (κ1) is 13.2. The predicted octanol–water partition coefficient (Wildman–Crippen LogP) is 3.24. The van der Waals surface area contributed by atoms with Crippen LogP contribution in [0.15, 0.2) is 36.4 Å². The molecule has 0 unspecified atom stereocenters. The Balaban J connectivity index is 1.82. The standard InChI is InChI=1S/C18H17NO3/c1-11-2-4-12(5-3-11)13-9-18(20)19-15-10-17-16(8-14(13)15)21-6-7-22-17/h2-5,8,10,13H,6-7,9H2,1H3,(H,19,20)/t13-/m0/s1. The third-order valence-electron chi connectivity index (χ3n) is 4.23. The number of benzene rings is 2. The van der Waals surface area contributed by atoms with Crippen molar-refractivity contribution in [3.8, 4) is 11.5 Å². The highest BCUT2D eigenvalue weighted by atomic mass is 16.6. The number of carbonyl (C=O) groups is 1. The summed E-state index contributed by atoms with van der Waals surface area (Å²) in [4.78, 5) is 12.1. The van der Waals surface area contributed by atoms with E-state index in [1.807, 2.05) is 12.1 Å². The van der Waals surface area contributed by atoms with Crippen LogP contribution in [-0.2, 0) is 4.79 Å². The van der Waals surface area contributed by atoms with Gasteiger partial charge in [0.2, 0.25) is 5.91 Å². The molecule has 4 nitrogen and oxygen atoms in total. The molecule has 1 amide bonds. The van der Waals surface area contributed by atoms with Gasteiger partial charge in [0.25, 0.3) is 0 Å². The average molecular weight is 295 g/mol. The molecule has 2 aliphatic heterocycles. The number of hydrogen-bond donors (Lipinski definition) is 1. The lowest BCUT2D eigenvalue weighted by atomic mass is 9.84. The summed E-state index contributed by atoms with van der Waals surface area (Å²) >= 11 is 0. The summed E-state index contributed by atoms with van der Waals surface area (Å²) in [7, 11) is 0. The van der Waals surface area contributed by atoms with Crippen LogP contribution in [0.3, 0.4) is 0 Å². The molecule has 1 atom stereocenters. The van der Waals surface area contributed by atoms with Crippen molar-refractivity contribution in [2.45, 2.75) is 19.3 Å². The minimum Gasteiger partial charge on any atom is -0.486 e. The summed E-state index contributed by atoms with van der Waals surface area (Å²) in [6, 6.07) is 12.2. The largest absolute Gasteiger partial charge is 0.486 e. The van der Waals surface area contributed by atoms with Crippen LogP contribution in [0.1, 0.15) is 29.0 Å². The van der Waals surface area contributed by atoms with Gasteiger partial charge in [0.05, 0.1) is 0 Å². The molecule has 2 aromatic carbocycles. The van der Waals surface area contributed by atoms with E-state index in [-0.39, 0.29) is 11.8 Å². The van der Waals surface area contributed by atoms with E-state index in [0.29, 0.717) is 25.4 Å². The lowest BCUT2D eigenvalue weighted by molar-refractivity contribution is -0.116. The van der Waals surface area contributed by atoms with Gasteiger partial charge in [-0.05, 0) is 24.1 Å². The normalized spacial score (nSPS) is 19.3. The average Bonchev–Trinajstić information content (AvgIpc) is 2.53. The fourth-order valence-electron chi connectivity index (χ4n) is 3.09. The molecule has 0 bridgehead atoms. The Bertz CT molecular complexity index is 737. The maximum absolute atomic E-state index is 12.1. The van der Waals surface area contributed by atoms with Crippen LogP contribution in [0.5, 0.6) is 11.5 Å². The third kappa shape index (κ3) is 2.21.